The number of benzene rings is 1. The van der Waals surface area contributed by atoms with E-state index in [-0.39, 0.29) is 12.5 Å². The molecular formula is C12H17ClN2O2. The monoisotopic (exact) mass is 256 g/mol. The molecule has 0 atom stereocenters. The number of hydrogen-bond acceptors (Lipinski definition) is 3. The van der Waals surface area contributed by atoms with Crippen molar-refractivity contribution < 1.29 is 9.53 Å². The first-order valence-electron chi connectivity index (χ1n) is 5.49. The molecule has 17 heavy (non-hydrogen) atoms. The van der Waals surface area contributed by atoms with Gasteiger partial charge in [-0.15, -0.1) is 0 Å². The van der Waals surface area contributed by atoms with Crippen LogP contribution in [-0.2, 0) is 4.79 Å². The average molecular weight is 257 g/mol. The van der Waals surface area contributed by atoms with Gasteiger partial charge in [0.05, 0.1) is 13.2 Å². The molecule has 0 aliphatic rings. The van der Waals surface area contributed by atoms with E-state index in [1.54, 1.807) is 6.07 Å². The lowest BCUT2D eigenvalue weighted by Gasteiger charge is -2.09. The van der Waals surface area contributed by atoms with E-state index in [9.17, 15) is 4.79 Å². The Kier molecular flexibility index (Phi) is 5.80. The highest BCUT2D eigenvalue weighted by atomic mass is 35.5. The molecule has 1 aromatic carbocycles. The number of hydrogen-bond donors (Lipinski definition) is 2. The van der Waals surface area contributed by atoms with Crippen molar-refractivity contribution >= 4 is 17.5 Å². The molecule has 0 heterocycles. The van der Waals surface area contributed by atoms with Crippen LogP contribution in [0.5, 0.6) is 5.75 Å². The van der Waals surface area contributed by atoms with Crippen molar-refractivity contribution in [3.05, 3.63) is 28.8 Å². The summed E-state index contributed by atoms with van der Waals surface area (Å²) >= 11 is 5.84. The number of aryl methyl sites for hydroxylation is 1. The summed E-state index contributed by atoms with van der Waals surface area (Å²) in [4.78, 5) is 10.8. The minimum atomic E-state index is -0.146. The first-order chi connectivity index (χ1) is 8.13. The lowest BCUT2D eigenvalue weighted by molar-refractivity contribution is -0.119. The smallest absolute Gasteiger partial charge is 0.233 e. The van der Waals surface area contributed by atoms with E-state index in [1.165, 1.54) is 0 Å². The fourth-order valence-electron chi connectivity index (χ4n) is 1.33. The van der Waals surface area contributed by atoms with Gasteiger partial charge in [0.15, 0.2) is 0 Å². The van der Waals surface area contributed by atoms with Crippen LogP contribution in [0.3, 0.4) is 0 Å². The van der Waals surface area contributed by atoms with Crippen LogP contribution in [0.15, 0.2) is 18.2 Å². The third-order valence-electron chi connectivity index (χ3n) is 2.22. The molecule has 0 bridgehead atoms. The van der Waals surface area contributed by atoms with Gasteiger partial charge in [0, 0.05) is 11.6 Å². The highest BCUT2D eigenvalue weighted by Crippen LogP contribution is 2.21. The van der Waals surface area contributed by atoms with Gasteiger partial charge < -0.3 is 15.8 Å². The Balaban J connectivity index is 2.24. The van der Waals surface area contributed by atoms with E-state index in [0.29, 0.717) is 18.2 Å². The predicted octanol–water partition coefficient (Wildman–Crippen LogP) is 1.49. The summed E-state index contributed by atoms with van der Waals surface area (Å²) in [5.41, 5.74) is 6.16. The zero-order valence-electron chi connectivity index (χ0n) is 9.83. The molecule has 0 saturated heterocycles. The normalized spacial score (nSPS) is 10.1. The molecule has 0 spiro atoms. The summed E-state index contributed by atoms with van der Waals surface area (Å²) in [5, 5.41) is 3.38. The zero-order valence-corrected chi connectivity index (χ0v) is 10.6. The van der Waals surface area contributed by atoms with Crippen molar-refractivity contribution in [2.75, 3.05) is 19.7 Å². The number of nitrogens with two attached hydrogens (primary N) is 1. The molecule has 0 aliphatic heterocycles. The molecule has 0 saturated carbocycles. The van der Waals surface area contributed by atoms with Crippen molar-refractivity contribution in [1.82, 2.24) is 5.32 Å². The molecule has 0 aliphatic carbocycles. The summed E-state index contributed by atoms with van der Waals surface area (Å²) in [6, 6.07) is 5.49. The highest BCUT2D eigenvalue weighted by Gasteiger charge is 2.00. The molecule has 4 nitrogen and oxygen atoms in total. The predicted molar refractivity (Wildman–Crippen MR) is 68.4 cm³/mol. The van der Waals surface area contributed by atoms with Crippen LogP contribution >= 0.6 is 11.6 Å². The lowest BCUT2D eigenvalue weighted by Crippen LogP contribution is -2.31. The minimum absolute atomic E-state index is 0.0250. The van der Waals surface area contributed by atoms with Gasteiger partial charge in [0.25, 0.3) is 0 Å². The van der Waals surface area contributed by atoms with Crippen LogP contribution in [0.2, 0.25) is 5.02 Å². The van der Waals surface area contributed by atoms with Crippen molar-refractivity contribution in [1.29, 1.82) is 0 Å². The van der Waals surface area contributed by atoms with Crippen LogP contribution < -0.4 is 15.8 Å². The van der Waals surface area contributed by atoms with Crippen LogP contribution in [0.1, 0.15) is 12.0 Å². The van der Waals surface area contributed by atoms with Crippen LogP contribution in [0.4, 0.5) is 0 Å². The molecule has 94 valence electrons. The summed E-state index contributed by atoms with van der Waals surface area (Å²) in [5.74, 6) is 0.673. The van der Waals surface area contributed by atoms with E-state index < -0.39 is 0 Å². The molecule has 3 N–H and O–H groups in total. The Hall–Kier alpha value is -1.26. The summed E-state index contributed by atoms with van der Waals surface area (Å²) < 4.78 is 5.57. The first-order valence-corrected chi connectivity index (χ1v) is 5.87. The van der Waals surface area contributed by atoms with Gasteiger partial charge in [0.1, 0.15) is 5.75 Å². The quantitative estimate of drug-likeness (QED) is 0.758. The zero-order chi connectivity index (χ0) is 12.7. The molecule has 1 rings (SSSR count). The molecule has 0 aromatic heterocycles. The van der Waals surface area contributed by atoms with Gasteiger partial charge in [-0.1, -0.05) is 11.6 Å². The average Bonchev–Trinajstić information content (AvgIpc) is 2.30. The maximum atomic E-state index is 10.8. The molecule has 0 fully saturated rings. The van der Waals surface area contributed by atoms with Gasteiger partial charge in [-0.3, -0.25) is 4.79 Å². The van der Waals surface area contributed by atoms with Gasteiger partial charge in [-0.25, -0.2) is 0 Å². The van der Waals surface area contributed by atoms with Crippen LogP contribution in [0.25, 0.3) is 0 Å². The third-order valence-corrected chi connectivity index (χ3v) is 2.46. The van der Waals surface area contributed by atoms with E-state index >= 15 is 0 Å². The highest BCUT2D eigenvalue weighted by molar-refractivity contribution is 6.30. The Labute approximate surface area is 106 Å². The third kappa shape index (κ3) is 5.06. The fourth-order valence-corrected chi connectivity index (χ4v) is 1.56. The molecule has 1 aromatic rings. The van der Waals surface area contributed by atoms with E-state index in [1.807, 2.05) is 19.1 Å². The van der Waals surface area contributed by atoms with Crippen molar-refractivity contribution in [2.24, 2.45) is 5.73 Å². The summed E-state index contributed by atoms with van der Waals surface area (Å²) in [7, 11) is 0. The van der Waals surface area contributed by atoms with Crippen molar-refractivity contribution in [3.8, 4) is 5.75 Å². The molecule has 1 amide bonds. The van der Waals surface area contributed by atoms with E-state index in [2.05, 4.69) is 5.32 Å². The fraction of sp³-hybridized carbons (Fsp3) is 0.417. The summed E-state index contributed by atoms with van der Waals surface area (Å²) in [6.45, 7) is 3.09. The SMILES string of the molecule is Cc1cc(Cl)ccc1OCCCNC(=O)CN. The largest absolute Gasteiger partial charge is 0.493 e. The standard InChI is InChI=1S/C12H17ClN2O2/c1-9-7-10(13)3-4-11(9)17-6-2-5-15-12(16)8-14/h3-4,7H,2,5-6,8,14H2,1H3,(H,15,16). The van der Waals surface area contributed by atoms with Crippen LogP contribution in [0, 0.1) is 6.92 Å². The van der Waals surface area contributed by atoms with E-state index in [4.69, 9.17) is 22.1 Å². The van der Waals surface area contributed by atoms with Gasteiger partial charge in [0.2, 0.25) is 5.91 Å². The first kappa shape index (κ1) is 13.8. The maximum Gasteiger partial charge on any atom is 0.233 e. The van der Waals surface area contributed by atoms with Gasteiger partial charge in [-0.05, 0) is 37.1 Å². The molecule has 5 heteroatoms. The number of amides is 1. The molecular weight excluding hydrogens is 240 g/mol. The Morgan fingerprint density at radius 2 is 2.29 bits per heavy atom. The Morgan fingerprint density at radius 1 is 1.53 bits per heavy atom. The maximum absolute atomic E-state index is 10.8. The number of carbonyl (C=O) groups is 1. The number of nitrogens with one attached hydrogen (secondary N) is 1. The number of halogens is 1. The van der Waals surface area contributed by atoms with Crippen molar-refractivity contribution in [3.63, 3.8) is 0 Å². The lowest BCUT2D eigenvalue weighted by atomic mass is 10.2. The Bertz CT molecular complexity index is 383. The second kappa shape index (κ2) is 7.14. The second-order valence-electron chi connectivity index (χ2n) is 3.67. The van der Waals surface area contributed by atoms with Gasteiger partial charge in [-0.2, -0.15) is 0 Å². The van der Waals surface area contributed by atoms with E-state index in [0.717, 1.165) is 17.7 Å². The van der Waals surface area contributed by atoms with Gasteiger partial charge >= 0.3 is 0 Å². The van der Waals surface area contributed by atoms with Crippen molar-refractivity contribution in [2.45, 2.75) is 13.3 Å². The molecule has 0 radical (unpaired) electrons. The Morgan fingerprint density at radius 3 is 2.94 bits per heavy atom. The minimum Gasteiger partial charge on any atom is -0.493 e. The second-order valence-corrected chi connectivity index (χ2v) is 4.10. The topological polar surface area (TPSA) is 64.3 Å². The van der Waals surface area contributed by atoms with Crippen LogP contribution in [-0.4, -0.2) is 25.6 Å². The number of carbonyl (C=O) groups excluding carboxylic acids is 1. The molecule has 0 unspecified atom stereocenters. The summed E-state index contributed by atoms with van der Waals surface area (Å²) in [6.07, 6.45) is 0.744. The number of rotatable bonds is 6. The number of ether oxygens (including phenoxy) is 1.